The van der Waals surface area contributed by atoms with Crippen LogP contribution in [0.1, 0.15) is 19.8 Å². The Labute approximate surface area is 136 Å². The molecule has 0 saturated carbocycles. The molecule has 2 rings (SSSR count). The molecule has 124 valence electrons. The molecule has 0 amide bonds. The molecule has 1 saturated heterocycles. The van der Waals surface area contributed by atoms with Gasteiger partial charge in [0.15, 0.2) is 5.16 Å². The molecule has 1 aromatic heterocycles. The Morgan fingerprint density at radius 1 is 1.27 bits per heavy atom. The lowest BCUT2D eigenvalue weighted by Gasteiger charge is -2.34. The van der Waals surface area contributed by atoms with E-state index in [2.05, 4.69) is 21.8 Å². The molecule has 0 atom stereocenters. The second kappa shape index (κ2) is 7.47. The van der Waals surface area contributed by atoms with Crippen LogP contribution in [0.5, 0.6) is 0 Å². The average Bonchev–Trinajstić information content (AvgIpc) is 2.46. The van der Waals surface area contributed by atoms with Gasteiger partial charge >= 0.3 is 0 Å². The Bertz CT molecular complexity index is 600. The molecule has 0 radical (unpaired) electrons. The van der Waals surface area contributed by atoms with Crippen LogP contribution < -0.4 is 10.6 Å². The zero-order valence-corrected chi connectivity index (χ0v) is 14.7. The fourth-order valence-corrected chi connectivity index (χ4v) is 3.98. The number of anilines is 2. The number of hydrogen-bond acceptors (Lipinski definition) is 7. The quantitative estimate of drug-likeness (QED) is 0.468. The Morgan fingerprint density at radius 2 is 1.95 bits per heavy atom. The molecule has 0 spiro atoms. The van der Waals surface area contributed by atoms with E-state index < -0.39 is 10.0 Å². The Morgan fingerprint density at radius 3 is 2.55 bits per heavy atom. The standard InChI is InChI=1S/C13H23N5O2S2/c1-3-4-9-21-13-15-11(14)10-12(16-13)17-5-7-18(8-6-17)22(2,19)20/h10H,3-9H2,1-2H3,(H2,14,15,16). The van der Waals surface area contributed by atoms with Crippen LogP contribution in [-0.4, -0.2) is 60.9 Å². The predicted octanol–water partition coefficient (Wildman–Crippen LogP) is 1.03. The van der Waals surface area contributed by atoms with E-state index in [4.69, 9.17) is 5.73 Å². The number of sulfonamides is 1. The topological polar surface area (TPSA) is 92.4 Å². The van der Waals surface area contributed by atoms with Gasteiger partial charge in [0.05, 0.1) is 6.26 Å². The summed E-state index contributed by atoms with van der Waals surface area (Å²) in [6, 6.07) is 1.75. The van der Waals surface area contributed by atoms with Crippen molar-refractivity contribution in [2.45, 2.75) is 24.9 Å². The molecular formula is C13H23N5O2S2. The lowest BCUT2D eigenvalue weighted by atomic mass is 10.3. The first kappa shape index (κ1) is 17.3. The number of nitrogens with zero attached hydrogens (tertiary/aromatic N) is 4. The van der Waals surface area contributed by atoms with Gasteiger partial charge in [-0.15, -0.1) is 0 Å². The molecule has 22 heavy (non-hydrogen) atoms. The monoisotopic (exact) mass is 345 g/mol. The maximum absolute atomic E-state index is 11.5. The van der Waals surface area contributed by atoms with Crippen molar-refractivity contribution in [1.82, 2.24) is 14.3 Å². The molecule has 9 heteroatoms. The maximum Gasteiger partial charge on any atom is 0.211 e. The van der Waals surface area contributed by atoms with E-state index >= 15 is 0 Å². The first-order chi connectivity index (χ1) is 10.4. The Kier molecular flexibility index (Phi) is 5.87. The van der Waals surface area contributed by atoms with Gasteiger partial charge in [0.25, 0.3) is 0 Å². The summed E-state index contributed by atoms with van der Waals surface area (Å²) in [7, 11) is -3.12. The SMILES string of the molecule is CCCCSc1nc(N)cc(N2CCN(S(C)(=O)=O)CC2)n1. The summed E-state index contributed by atoms with van der Waals surface area (Å²) in [5.41, 5.74) is 5.87. The van der Waals surface area contributed by atoms with Gasteiger partial charge in [-0.2, -0.15) is 4.31 Å². The molecule has 0 bridgehead atoms. The third-order valence-electron chi connectivity index (χ3n) is 3.47. The zero-order chi connectivity index (χ0) is 16.2. The van der Waals surface area contributed by atoms with Crippen molar-refractivity contribution >= 4 is 33.4 Å². The van der Waals surface area contributed by atoms with E-state index in [1.54, 1.807) is 17.8 Å². The molecule has 0 aromatic carbocycles. The van der Waals surface area contributed by atoms with Crippen molar-refractivity contribution in [3.05, 3.63) is 6.07 Å². The summed E-state index contributed by atoms with van der Waals surface area (Å²) in [4.78, 5) is 10.9. The minimum absolute atomic E-state index is 0.453. The minimum atomic E-state index is -3.12. The number of nitrogens with two attached hydrogens (primary N) is 1. The molecular weight excluding hydrogens is 322 g/mol. The van der Waals surface area contributed by atoms with Gasteiger partial charge in [-0.1, -0.05) is 25.1 Å². The zero-order valence-electron chi connectivity index (χ0n) is 13.0. The minimum Gasteiger partial charge on any atom is -0.383 e. The molecule has 1 fully saturated rings. The molecule has 2 heterocycles. The fraction of sp³-hybridized carbons (Fsp3) is 0.692. The van der Waals surface area contributed by atoms with Crippen LogP contribution in [-0.2, 0) is 10.0 Å². The third-order valence-corrected chi connectivity index (χ3v) is 5.71. The summed E-state index contributed by atoms with van der Waals surface area (Å²) in [5, 5.41) is 0.689. The Hall–Kier alpha value is -1.06. The maximum atomic E-state index is 11.5. The van der Waals surface area contributed by atoms with E-state index in [0.717, 1.165) is 24.4 Å². The van der Waals surface area contributed by atoms with Gasteiger partial charge in [-0.05, 0) is 6.42 Å². The normalized spacial score (nSPS) is 16.9. The highest BCUT2D eigenvalue weighted by Gasteiger charge is 2.24. The highest BCUT2D eigenvalue weighted by Crippen LogP contribution is 2.22. The summed E-state index contributed by atoms with van der Waals surface area (Å²) in [5.74, 6) is 2.20. The highest BCUT2D eigenvalue weighted by molar-refractivity contribution is 7.99. The number of piperazine rings is 1. The summed E-state index contributed by atoms with van der Waals surface area (Å²) < 4.78 is 24.6. The lowest BCUT2D eigenvalue weighted by molar-refractivity contribution is 0.386. The van der Waals surface area contributed by atoms with Crippen LogP contribution in [0.4, 0.5) is 11.6 Å². The second-order valence-electron chi connectivity index (χ2n) is 5.28. The number of hydrogen-bond donors (Lipinski definition) is 1. The summed E-state index contributed by atoms with van der Waals surface area (Å²) in [6.45, 7) is 4.32. The molecule has 2 N–H and O–H groups in total. The number of unbranched alkanes of at least 4 members (excludes halogenated alkanes) is 1. The van der Waals surface area contributed by atoms with Crippen molar-refractivity contribution in [3.8, 4) is 0 Å². The largest absolute Gasteiger partial charge is 0.383 e. The average molecular weight is 345 g/mol. The van der Waals surface area contributed by atoms with E-state index in [9.17, 15) is 8.42 Å². The molecule has 0 unspecified atom stereocenters. The summed E-state index contributed by atoms with van der Waals surface area (Å²) in [6.07, 6.45) is 3.49. The van der Waals surface area contributed by atoms with Crippen LogP contribution in [0.25, 0.3) is 0 Å². The van der Waals surface area contributed by atoms with Gasteiger partial charge in [0, 0.05) is 38.0 Å². The van der Waals surface area contributed by atoms with E-state index in [1.165, 1.54) is 10.6 Å². The number of rotatable bonds is 6. The fourth-order valence-electron chi connectivity index (χ4n) is 2.21. The van der Waals surface area contributed by atoms with Crippen LogP contribution in [0.15, 0.2) is 11.2 Å². The molecule has 1 aliphatic heterocycles. The first-order valence-electron chi connectivity index (χ1n) is 7.37. The van der Waals surface area contributed by atoms with Crippen molar-refractivity contribution in [2.75, 3.05) is 48.8 Å². The van der Waals surface area contributed by atoms with E-state index in [1.807, 2.05) is 0 Å². The molecule has 7 nitrogen and oxygen atoms in total. The van der Waals surface area contributed by atoms with Gasteiger partial charge in [-0.3, -0.25) is 0 Å². The van der Waals surface area contributed by atoms with Gasteiger partial charge < -0.3 is 10.6 Å². The number of thioether (sulfide) groups is 1. The van der Waals surface area contributed by atoms with Crippen molar-refractivity contribution < 1.29 is 8.42 Å². The van der Waals surface area contributed by atoms with Crippen LogP contribution in [0.3, 0.4) is 0 Å². The van der Waals surface area contributed by atoms with Crippen molar-refractivity contribution in [1.29, 1.82) is 0 Å². The highest BCUT2D eigenvalue weighted by atomic mass is 32.2. The van der Waals surface area contributed by atoms with Gasteiger partial charge in [0.2, 0.25) is 10.0 Å². The second-order valence-corrected chi connectivity index (χ2v) is 8.33. The number of aromatic nitrogens is 2. The lowest BCUT2D eigenvalue weighted by Crippen LogP contribution is -2.48. The van der Waals surface area contributed by atoms with E-state index in [-0.39, 0.29) is 0 Å². The van der Waals surface area contributed by atoms with Crippen LogP contribution >= 0.6 is 11.8 Å². The third kappa shape index (κ3) is 4.72. The molecule has 0 aliphatic carbocycles. The van der Waals surface area contributed by atoms with Crippen LogP contribution in [0, 0.1) is 0 Å². The Balaban J connectivity index is 2.03. The predicted molar refractivity (Wildman–Crippen MR) is 90.7 cm³/mol. The smallest absolute Gasteiger partial charge is 0.211 e. The molecule has 1 aromatic rings. The number of nitrogen functional groups attached to an aromatic ring is 1. The molecule has 1 aliphatic rings. The first-order valence-corrected chi connectivity index (χ1v) is 10.2. The van der Waals surface area contributed by atoms with Gasteiger partial charge in [-0.25, -0.2) is 18.4 Å². The van der Waals surface area contributed by atoms with Crippen molar-refractivity contribution in [3.63, 3.8) is 0 Å². The van der Waals surface area contributed by atoms with Crippen molar-refractivity contribution in [2.24, 2.45) is 0 Å². The van der Waals surface area contributed by atoms with Crippen LogP contribution in [0.2, 0.25) is 0 Å². The van der Waals surface area contributed by atoms with Gasteiger partial charge in [0.1, 0.15) is 11.6 Å². The summed E-state index contributed by atoms with van der Waals surface area (Å²) >= 11 is 1.61. The van der Waals surface area contributed by atoms with E-state index in [0.29, 0.717) is 37.2 Å².